The van der Waals surface area contributed by atoms with Crippen LogP contribution in [0.3, 0.4) is 0 Å². The normalized spacial score (nSPS) is 30.2. The molecule has 1 fully saturated rings. The van der Waals surface area contributed by atoms with Crippen LogP contribution in [-0.4, -0.2) is 16.0 Å². The Labute approximate surface area is 81.6 Å². The minimum Gasteiger partial charge on any atom is -0.334 e. The van der Waals surface area contributed by atoms with Crippen LogP contribution in [0, 0.1) is 4.77 Å². The fourth-order valence-electron chi connectivity index (χ4n) is 2.38. The fraction of sp³-hybridized carbons (Fsp3) is 0.556. The molecule has 2 atom stereocenters. The summed E-state index contributed by atoms with van der Waals surface area (Å²) in [7, 11) is 0. The van der Waals surface area contributed by atoms with Gasteiger partial charge in [0.25, 0.3) is 0 Å². The number of fused-ring (bicyclic) bond motifs is 4. The average molecular weight is 193 g/mol. The maximum atomic E-state index is 5.01. The molecule has 1 aromatic heterocycles. The van der Waals surface area contributed by atoms with Gasteiger partial charge in [0.1, 0.15) is 0 Å². The van der Waals surface area contributed by atoms with Crippen molar-refractivity contribution in [3.63, 3.8) is 0 Å². The smallest absolute Gasteiger partial charge is 0.196 e. The van der Waals surface area contributed by atoms with Gasteiger partial charge in [0.15, 0.2) is 4.77 Å². The van der Waals surface area contributed by atoms with E-state index in [9.17, 15) is 0 Å². The SMILES string of the molecule is S=c1ncc2c([nH]1)CC1CCC2N1. The topological polar surface area (TPSA) is 40.7 Å². The van der Waals surface area contributed by atoms with Crippen molar-refractivity contribution in [3.8, 4) is 0 Å². The van der Waals surface area contributed by atoms with Gasteiger partial charge in [-0.05, 0) is 25.1 Å². The summed E-state index contributed by atoms with van der Waals surface area (Å²) in [4.78, 5) is 7.32. The van der Waals surface area contributed by atoms with Gasteiger partial charge in [0.2, 0.25) is 0 Å². The molecule has 2 bridgehead atoms. The molecule has 4 heteroatoms. The van der Waals surface area contributed by atoms with Crippen LogP contribution < -0.4 is 5.32 Å². The Morgan fingerprint density at radius 2 is 2.38 bits per heavy atom. The van der Waals surface area contributed by atoms with Crippen molar-refractivity contribution < 1.29 is 0 Å². The third-order valence-corrected chi connectivity index (χ3v) is 3.20. The molecule has 0 saturated carbocycles. The molecule has 2 N–H and O–H groups in total. The van der Waals surface area contributed by atoms with Crippen LogP contribution in [0.15, 0.2) is 6.20 Å². The third kappa shape index (κ3) is 1.13. The van der Waals surface area contributed by atoms with E-state index in [0.29, 0.717) is 16.9 Å². The van der Waals surface area contributed by atoms with E-state index >= 15 is 0 Å². The molecule has 3 heterocycles. The highest BCUT2D eigenvalue weighted by molar-refractivity contribution is 7.71. The van der Waals surface area contributed by atoms with Crippen LogP contribution in [0.4, 0.5) is 0 Å². The summed E-state index contributed by atoms with van der Waals surface area (Å²) in [6, 6.07) is 1.18. The van der Waals surface area contributed by atoms with Crippen LogP contribution >= 0.6 is 12.2 Å². The summed E-state index contributed by atoms with van der Waals surface area (Å²) in [5.74, 6) is 0. The molecule has 0 radical (unpaired) electrons. The first-order valence-electron chi connectivity index (χ1n) is 4.67. The quantitative estimate of drug-likeness (QED) is 0.613. The van der Waals surface area contributed by atoms with E-state index in [0.717, 1.165) is 6.42 Å². The van der Waals surface area contributed by atoms with E-state index < -0.39 is 0 Å². The second-order valence-corrected chi connectivity index (χ2v) is 4.21. The zero-order valence-corrected chi connectivity index (χ0v) is 8.03. The van der Waals surface area contributed by atoms with E-state index in [1.54, 1.807) is 0 Å². The highest BCUT2D eigenvalue weighted by Crippen LogP contribution is 2.33. The van der Waals surface area contributed by atoms with Crippen LogP contribution in [0.5, 0.6) is 0 Å². The van der Waals surface area contributed by atoms with Crippen LogP contribution in [0.1, 0.15) is 30.1 Å². The zero-order valence-electron chi connectivity index (χ0n) is 7.21. The van der Waals surface area contributed by atoms with E-state index in [4.69, 9.17) is 12.2 Å². The summed E-state index contributed by atoms with van der Waals surface area (Å²) in [5, 5.41) is 3.57. The summed E-state index contributed by atoms with van der Waals surface area (Å²) in [6.07, 6.45) is 5.52. The molecular weight excluding hydrogens is 182 g/mol. The maximum absolute atomic E-state index is 5.01. The molecule has 2 aliphatic rings. The first-order chi connectivity index (χ1) is 6.33. The number of hydrogen-bond donors (Lipinski definition) is 2. The van der Waals surface area contributed by atoms with Crippen LogP contribution in [0.25, 0.3) is 0 Å². The van der Waals surface area contributed by atoms with Crippen molar-refractivity contribution in [2.75, 3.05) is 0 Å². The molecule has 13 heavy (non-hydrogen) atoms. The second-order valence-electron chi connectivity index (χ2n) is 3.82. The molecule has 2 unspecified atom stereocenters. The summed E-state index contributed by atoms with van der Waals surface area (Å²) < 4.78 is 0.611. The molecule has 68 valence electrons. The van der Waals surface area contributed by atoms with Crippen molar-refractivity contribution in [2.45, 2.75) is 31.3 Å². The Morgan fingerprint density at radius 1 is 1.46 bits per heavy atom. The molecular formula is C9H11N3S. The predicted octanol–water partition coefficient (Wildman–Crippen LogP) is 1.49. The number of rotatable bonds is 0. The maximum Gasteiger partial charge on any atom is 0.196 e. The third-order valence-electron chi connectivity index (χ3n) is 2.99. The first kappa shape index (κ1) is 7.64. The number of hydrogen-bond acceptors (Lipinski definition) is 3. The Kier molecular flexibility index (Phi) is 1.54. The van der Waals surface area contributed by atoms with Crippen LogP contribution in [-0.2, 0) is 6.42 Å². The predicted molar refractivity (Wildman–Crippen MR) is 52.0 cm³/mol. The highest BCUT2D eigenvalue weighted by atomic mass is 32.1. The van der Waals surface area contributed by atoms with E-state index in [1.807, 2.05) is 6.20 Å². The Morgan fingerprint density at radius 3 is 3.31 bits per heavy atom. The lowest BCUT2D eigenvalue weighted by atomic mass is 10.0. The summed E-state index contributed by atoms with van der Waals surface area (Å²) in [6.45, 7) is 0. The zero-order chi connectivity index (χ0) is 8.84. The molecule has 1 saturated heterocycles. The highest BCUT2D eigenvalue weighted by Gasteiger charge is 2.32. The van der Waals surface area contributed by atoms with Crippen molar-refractivity contribution >= 4 is 12.2 Å². The van der Waals surface area contributed by atoms with Crippen molar-refractivity contribution in [1.29, 1.82) is 0 Å². The Bertz CT molecular complexity index is 398. The van der Waals surface area contributed by atoms with Gasteiger partial charge < -0.3 is 10.3 Å². The lowest BCUT2D eigenvalue weighted by molar-refractivity contribution is 0.503. The minimum absolute atomic E-state index is 0.521. The number of nitrogens with zero attached hydrogens (tertiary/aromatic N) is 1. The number of H-pyrrole nitrogens is 1. The fourth-order valence-corrected chi connectivity index (χ4v) is 2.56. The second kappa shape index (κ2) is 2.62. The monoisotopic (exact) mass is 193 g/mol. The van der Waals surface area contributed by atoms with Gasteiger partial charge >= 0.3 is 0 Å². The van der Waals surface area contributed by atoms with E-state index in [-0.39, 0.29) is 0 Å². The van der Waals surface area contributed by atoms with Crippen molar-refractivity contribution in [3.05, 3.63) is 22.2 Å². The number of aromatic amines is 1. The van der Waals surface area contributed by atoms with Gasteiger partial charge in [-0.15, -0.1) is 0 Å². The first-order valence-corrected chi connectivity index (χ1v) is 5.08. The van der Waals surface area contributed by atoms with Crippen LogP contribution in [0.2, 0.25) is 0 Å². The largest absolute Gasteiger partial charge is 0.334 e. The molecule has 3 nitrogen and oxygen atoms in total. The standard InChI is InChI=1S/C9H11N3S/c13-9-10-4-6-7-2-1-5(11-7)3-8(6)12-9/h4-5,7,11H,1-3H2,(H,10,12,13). The molecule has 0 aliphatic carbocycles. The number of aromatic nitrogens is 2. The van der Waals surface area contributed by atoms with E-state index in [1.165, 1.54) is 24.1 Å². The van der Waals surface area contributed by atoms with Gasteiger partial charge in [0, 0.05) is 36.0 Å². The molecule has 1 aromatic rings. The van der Waals surface area contributed by atoms with Gasteiger partial charge in [0.05, 0.1) is 0 Å². The minimum atomic E-state index is 0.521. The average Bonchev–Trinajstić information content (AvgIpc) is 2.48. The molecule has 0 spiro atoms. The Balaban J connectivity index is 2.17. The van der Waals surface area contributed by atoms with Gasteiger partial charge in [-0.25, -0.2) is 4.98 Å². The van der Waals surface area contributed by atoms with Gasteiger partial charge in [-0.2, -0.15) is 0 Å². The van der Waals surface area contributed by atoms with Crippen molar-refractivity contribution in [1.82, 2.24) is 15.3 Å². The molecule has 0 amide bonds. The number of nitrogens with one attached hydrogen (secondary N) is 2. The molecule has 2 aliphatic heterocycles. The lowest BCUT2D eigenvalue weighted by Gasteiger charge is -2.23. The van der Waals surface area contributed by atoms with E-state index in [2.05, 4.69) is 15.3 Å². The van der Waals surface area contributed by atoms with Gasteiger partial charge in [-0.1, -0.05) is 0 Å². The summed E-state index contributed by atoms with van der Waals surface area (Å²) >= 11 is 5.01. The van der Waals surface area contributed by atoms with Crippen molar-refractivity contribution in [2.24, 2.45) is 0 Å². The Hall–Kier alpha value is -0.740. The molecule has 0 aromatic carbocycles. The van der Waals surface area contributed by atoms with Gasteiger partial charge in [-0.3, -0.25) is 0 Å². The molecule has 3 rings (SSSR count). The summed E-state index contributed by atoms with van der Waals surface area (Å²) in [5.41, 5.74) is 2.62. The lowest BCUT2D eigenvalue weighted by Crippen LogP contribution is -2.32.